The summed E-state index contributed by atoms with van der Waals surface area (Å²) in [4.78, 5) is 12.8. The van der Waals surface area contributed by atoms with Gasteiger partial charge in [0.1, 0.15) is 18.4 Å². The molecular formula is C22H22BrN5O3. The van der Waals surface area contributed by atoms with Gasteiger partial charge in [0, 0.05) is 10.2 Å². The Morgan fingerprint density at radius 1 is 1.23 bits per heavy atom. The zero-order valence-corrected chi connectivity index (χ0v) is 18.8. The number of anilines is 1. The molecule has 0 fully saturated rings. The first kappa shape index (κ1) is 21.0. The highest BCUT2D eigenvalue weighted by Crippen LogP contribution is 2.35. The molecule has 4 rings (SSSR count). The van der Waals surface area contributed by atoms with Crippen LogP contribution in [0.4, 0.5) is 5.95 Å². The highest BCUT2D eigenvalue weighted by molar-refractivity contribution is 9.10. The van der Waals surface area contributed by atoms with Crippen molar-refractivity contribution < 1.29 is 14.3 Å². The number of halogens is 1. The lowest BCUT2D eigenvalue weighted by Crippen LogP contribution is -2.29. The average Bonchev–Trinajstić information content (AvgIpc) is 3.23. The topological polar surface area (TPSA) is 91.2 Å². The largest absolute Gasteiger partial charge is 0.489 e. The third-order valence-electron chi connectivity index (χ3n) is 4.86. The second-order valence-corrected chi connectivity index (χ2v) is 8.05. The Bertz CT molecular complexity index is 1110. The number of hydrogen-bond donors (Lipinski definition) is 1. The average molecular weight is 484 g/mol. The van der Waals surface area contributed by atoms with Crippen LogP contribution in [0.15, 0.2) is 64.3 Å². The summed E-state index contributed by atoms with van der Waals surface area (Å²) < 4.78 is 13.9. The molecule has 2 aromatic carbocycles. The molecule has 3 aromatic rings. The molecule has 2 heterocycles. The van der Waals surface area contributed by atoms with Crippen LogP contribution in [-0.4, -0.2) is 32.8 Å². The summed E-state index contributed by atoms with van der Waals surface area (Å²) in [5.74, 6) is 0.822. The number of nitrogens with zero attached hydrogens (tertiary/aromatic N) is 4. The van der Waals surface area contributed by atoms with Gasteiger partial charge in [0.05, 0.1) is 12.2 Å². The first-order valence-electron chi connectivity index (χ1n) is 9.96. The van der Waals surface area contributed by atoms with E-state index in [1.807, 2.05) is 62.4 Å². The Hall–Kier alpha value is -3.20. The Morgan fingerprint density at radius 2 is 2.03 bits per heavy atom. The number of fused-ring (bicyclic) bond motifs is 1. The van der Waals surface area contributed by atoms with E-state index in [4.69, 9.17) is 9.47 Å². The monoisotopic (exact) mass is 483 g/mol. The van der Waals surface area contributed by atoms with E-state index < -0.39 is 6.04 Å². The lowest BCUT2D eigenvalue weighted by Gasteiger charge is -2.27. The minimum Gasteiger partial charge on any atom is -0.489 e. The maximum atomic E-state index is 12.8. The van der Waals surface area contributed by atoms with E-state index in [0.29, 0.717) is 30.4 Å². The Balaban J connectivity index is 1.58. The van der Waals surface area contributed by atoms with Gasteiger partial charge in [0.15, 0.2) is 0 Å². The number of carbonyl (C=O) groups is 1. The summed E-state index contributed by atoms with van der Waals surface area (Å²) in [6, 6.07) is 15.1. The fraction of sp³-hybridized carbons (Fsp3) is 0.273. The van der Waals surface area contributed by atoms with Crippen LogP contribution in [0.1, 0.15) is 37.4 Å². The predicted molar refractivity (Wildman–Crippen MR) is 118 cm³/mol. The van der Waals surface area contributed by atoms with E-state index >= 15 is 0 Å². The smallest absolute Gasteiger partial charge is 0.338 e. The van der Waals surface area contributed by atoms with Crippen molar-refractivity contribution in [2.24, 2.45) is 0 Å². The molecule has 0 saturated heterocycles. The highest BCUT2D eigenvalue weighted by atomic mass is 79.9. The number of tetrazole rings is 1. The maximum Gasteiger partial charge on any atom is 0.338 e. The molecule has 0 bridgehead atoms. The predicted octanol–water partition coefficient (Wildman–Crippen LogP) is 4.26. The standard InChI is InChI=1S/C22H22BrN5O3/c1-3-11-30-21(29)19-14(2)24-22-25-26-27-28(22)20(19)16-7-9-18(10-8-16)31-13-15-5-4-6-17(23)12-15/h4-10,12,20H,3,11,13H2,1-2H3,(H,24,25,27). The van der Waals surface area contributed by atoms with Gasteiger partial charge in [-0.05, 0) is 59.2 Å². The number of carbonyl (C=O) groups excluding carboxylic acids is 1. The van der Waals surface area contributed by atoms with Crippen LogP contribution in [0.3, 0.4) is 0 Å². The van der Waals surface area contributed by atoms with Crippen LogP contribution in [0.5, 0.6) is 5.75 Å². The van der Waals surface area contributed by atoms with Crippen LogP contribution < -0.4 is 10.1 Å². The molecule has 31 heavy (non-hydrogen) atoms. The van der Waals surface area contributed by atoms with Gasteiger partial charge in [-0.15, -0.1) is 0 Å². The molecule has 8 nitrogen and oxygen atoms in total. The van der Waals surface area contributed by atoms with Crippen LogP contribution in [0.25, 0.3) is 0 Å². The third kappa shape index (κ3) is 4.61. The quantitative estimate of drug-likeness (QED) is 0.502. The van der Waals surface area contributed by atoms with E-state index in [1.54, 1.807) is 4.68 Å². The van der Waals surface area contributed by atoms with Crippen molar-refractivity contribution in [3.05, 3.63) is 75.4 Å². The number of nitrogens with one attached hydrogen (secondary N) is 1. The second-order valence-electron chi connectivity index (χ2n) is 7.14. The van der Waals surface area contributed by atoms with Crippen molar-refractivity contribution in [2.75, 3.05) is 11.9 Å². The van der Waals surface area contributed by atoms with Gasteiger partial charge in [0.25, 0.3) is 0 Å². The van der Waals surface area contributed by atoms with Gasteiger partial charge >= 0.3 is 5.97 Å². The number of ether oxygens (including phenoxy) is 2. The van der Waals surface area contributed by atoms with E-state index in [0.717, 1.165) is 27.8 Å². The van der Waals surface area contributed by atoms with E-state index in [1.165, 1.54) is 0 Å². The number of aromatic nitrogens is 4. The third-order valence-corrected chi connectivity index (χ3v) is 5.35. The molecule has 1 aromatic heterocycles. The molecule has 160 valence electrons. The molecule has 1 unspecified atom stereocenters. The fourth-order valence-corrected chi connectivity index (χ4v) is 3.84. The van der Waals surface area contributed by atoms with Crippen LogP contribution in [-0.2, 0) is 16.1 Å². The Labute approximate surface area is 188 Å². The number of esters is 1. The fourth-order valence-electron chi connectivity index (χ4n) is 3.40. The lowest BCUT2D eigenvalue weighted by atomic mass is 9.96. The SMILES string of the molecule is CCCOC(=O)C1=C(C)Nc2nnnn2C1c1ccc(OCc2cccc(Br)c2)cc1. The Kier molecular flexibility index (Phi) is 6.31. The van der Waals surface area contributed by atoms with Crippen molar-refractivity contribution in [1.82, 2.24) is 20.2 Å². The first-order valence-corrected chi connectivity index (χ1v) is 10.8. The van der Waals surface area contributed by atoms with Gasteiger partial charge < -0.3 is 14.8 Å². The normalized spacial score (nSPS) is 15.3. The maximum absolute atomic E-state index is 12.8. The molecule has 1 N–H and O–H groups in total. The van der Waals surface area contributed by atoms with E-state index in [9.17, 15) is 4.79 Å². The molecule has 0 aliphatic carbocycles. The molecule has 9 heteroatoms. The molecule has 0 saturated carbocycles. The summed E-state index contributed by atoms with van der Waals surface area (Å²) in [6.07, 6.45) is 0.746. The molecule has 0 amide bonds. The molecule has 0 spiro atoms. The number of hydrogen-bond acceptors (Lipinski definition) is 7. The second kappa shape index (κ2) is 9.30. The minimum absolute atomic E-state index is 0.354. The van der Waals surface area contributed by atoms with Crippen molar-refractivity contribution in [2.45, 2.75) is 32.9 Å². The van der Waals surface area contributed by atoms with Gasteiger partial charge in [-0.1, -0.05) is 52.2 Å². The van der Waals surface area contributed by atoms with Gasteiger partial charge in [-0.2, -0.15) is 4.68 Å². The van der Waals surface area contributed by atoms with Crippen molar-refractivity contribution in [1.29, 1.82) is 0 Å². The number of rotatable bonds is 7. The zero-order chi connectivity index (χ0) is 21.8. The van der Waals surface area contributed by atoms with Gasteiger partial charge in [-0.3, -0.25) is 0 Å². The molecule has 1 aliphatic rings. The van der Waals surface area contributed by atoms with Crippen LogP contribution >= 0.6 is 15.9 Å². The van der Waals surface area contributed by atoms with Crippen LogP contribution in [0.2, 0.25) is 0 Å². The summed E-state index contributed by atoms with van der Waals surface area (Å²) in [5, 5.41) is 14.9. The molecule has 1 atom stereocenters. The number of allylic oxidation sites excluding steroid dienone is 1. The molecular weight excluding hydrogens is 462 g/mol. The number of benzene rings is 2. The molecule has 1 aliphatic heterocycles. The first-order chi connectivity index (χ1) is 15.1. The highest BCUT2D eigenvalue weighted by Gasteiger charge is 2.34. The van der Waals surface area contributed by atoms with Crippen molar-refractivity contribution in [3.63, 3.8) is 0 Å². The summed E-state index contributed by atoms with van der Waals surface area (Å²) in [5.41, 5.74) is 3.07. The van der Waals surface area contributed by atoms with Crippen LogP contribution in [0, 0.1) is 0 Å². The van der Waals surface area contributed by atoms with Gasteiger partial charge in [0.2, 0.25) is 5.95 Å². The summed E-state index contributed by atoms with van der Waals surface area (Å²) >= 11 is 3.47. The summed E-state index contributed by atoms with van der Waals surface area (Å²) in [7, 11) is 0. The van der Waals surface area contributed by atoms with Gasteiger partial charge in [-0.25, -0.2) is 4.79 Å². The van der Waals surface area contributed by atoms with E-state index in [-0.39, 0.29) is 5.97 Å². The zero-order valence-electron chi connectivity index (χ0n) is 17.2. The molecule has 0 radical (unpaired) electrons. The van der Waals surface area contributed by atoms with Crippen molar-refractivity contribution >= 4 is 27.8 Å². The lowest BCUT2D eigenvalue weighted by molar-refractivity contribution is -0.139. The Morgan fingerprint density at radius 3 is 2.77 bits per heavy atom. The summed E-state index contributed by atoms with van der Waals surface area (Å²) in [6.45, 7) is 4.59. The van der Waals surface area contributed by atoms with Crippen molar-refractivity contribution in [3.8, 4) is 5.75 Å². The van der Waals surface area contributed by atoms with E-state index in [2.05, 4.69) is 36.8 Å². The minimum atomic E-state index is -0.491.